The highest BCUT2D eigenvalue weighted by Gasteiger charge is 2.37. The molecule has 2 nitrogen and oxygen atoms in total. The zero-order valence-electron chi connectivity index (χ0n) is 10.7. The average molecular weight is 240 g/mol. The van der Waals surface area contributed by atoms with Gasteiger partial charge in [-0.25, -0.2) is 0 Å². The van der Waals surface area contributed by atoms with Crippen molar-refractivity contribution in [3.63, 3.8) is 0 Å². The maximum absolute atomic E-state index is 3.73. The van der Waals surface area contributed by atoms with E-state index in [1.165, 1.54) is 43.5 Å². The lowest BCUT2D eigenvalue weighted by Crippen LogP contribution is -2.52. The molecule has 2 saturated heterocycles. The summed E-state index contributed by atoms with van der Waals surface area (Å²) in [4.78, 5) is 2.57. The van der Waals surface area contributed by atoms with Gasteiger partial charge in [-0.3, -0.25) is 0 Å². The van der Waals surface area contributed by atoms with E-state index in [1.54, 1.807) is 0 Å². The molecule has 3 aliphatic rings. The molecule has 0 spiro atoms. The van der Waals surface area contributed by atoms with Crippen molar-refractivity contribution < 1.29 is 0 Å². The summed E-state index contributed by atoms with van der Waals surface area (Å²) >= 11 is 0. The fourth-order valence-corrected chi connectivity index (χ4v) is 3.90. The van der Waals surface area contributed by atoms with Gasteiger partial charge in [0.05, 0.1) is 6.04 Å². The second-order valence-corrected chi connectivity index (χ2v) is 5.86. The normalized spacial score (nSPS) is 33.6. The second kappa shape index (κ2) is 4.13. The third-order valence-corrected chi connectivity index (χ3v) is 4.85. The van der Waals surface area contributed by atoms with Gasteiger partial charge in [-0.05, 0) is 48.9 Å². The van der Waals surface area contributed by atoms with Crippen molar-refractivity contribution in [2.24, 2.45) is 5.92 Å². The maximum atomic E-state index is 3.73. The van der Waals surface area contributed by atoms with Gasteiger partial charge in [-0.15, -0.1) is 0 Å². The molecule has 3 heterocycles. The van der Waals surface area contributed by atoms with Crippen LogP contribution in [-0.2, 0) is 0 Å². The van der Waals surface area contributed by atoms with Gasteiger partial charge in [0.25, 0.3) is 0 Å². The summed E-state index contributed by atoms with van der Waals surface area (Å²) < 4.78 is 0. The Labute approximate surface area is 109 Å². The van der Waals surface area contributed by atoms with Gasteiger partial charge in [-0.2, -0.15) is 0 Å². The zero-order valence-corrected chi connectivity index (χ0v) is 10.7. The molecule has 2 heteroatoms. The molecular formula is C16H20N2. The molecule has 4 rings (SSSR count). The van der Waals surface area contributed by atoms with Crippen molar-refractivity contribution in [3.8, 4) is 0 Å². The van der Waals surface area contributed by atoms with E-state index in [1.807, 2.05) is 0 Å². The minimum absolute atomic E-state index is 0.595. The van der Waals surface area contributed by atoms with Crippen LogP contribution in [0, 0.1) is 5.92 Å². The number of hydrogen-bond donors (Lipinski definition) is 1. The minimum atomic E-state index is 0.595. The Bertz CT molecular complexity index is 480. The zero-order chi connectivity index (χ0) is 11.9. The van der Waals surface area contributed by atoms with Gasteiger partial charge in [0.15, 0.2) is 0 Å². The summed E-state index contributed by atoms with van der Waals surface area (Å²) in [5.74, 6) is 0.852. The molecular weight excluding hydrogens is 220 g/mol. The number of nitrogens with zero attached hydrogens (tertiary/aromatic N) is 1. The number of nitrogens with one attached hydrogen (secondary N) is 1. The molecule has 0 radical (unpaired) electrons. The van der Waals surface area contributed by atoms with E-state index in [4.69, 9.17) is 0 Å². The highest BCUT2D eigenvalue weighted by molar-refractivity contribution is 5.57. The highest BCUT2D eigenvalue weighted by Crippen LogP contribution is 2.40. The summed E-state index contributed by atoms with van der Waals surface area (Å²) in [6.45, 7) is 2.44. The second-order valence-electron chi connectivity index (χ2n) is 5.86. The monoisotopic (exact) mass is 240 g/mol. The Morgan fingerprint density at radius 1 is 1.22 bits per heavy atom. The van der Waals surface area contributed by atoms with Crippen molar-refractivity contribution in [3.05, 3.63) is 41.6 Å². The Kier molecular flexibility index (Phi) is 2.44. The Morgan fingerprint density at radius 3 is 3.17 bits per heavy atom. The van der Waals surface area contributed by atoms with Crippen molar-refractivity contribution in [1.29, 1.82) is 0 Å². The first-order valence-electron chi connectivity index (χ1n) is 7.18. The van der Waals surface area contributed by atoms with Gasteiger partial charge in [0.2, 0.25) is 0 Å². The maximum Gasteiger partial charge on any atom is 0.0557 e. The van der Waals surface area contributed by atoms with E-state index in [9.17, 15) is 0 Å². The molecule has 0 aliphatic carbocycles. The average Bonchev–Trinajstić information content (AvgIpc) is 2.45. The summed E-state index contributed by atoms with van der Waals surface area (Å²) in [7, 11) is 0. The van der Waals surface area contributed by atoms with E-state index in [0.29, 0.717) is 6.04 Å². The molecule has 2 fully saturated rings. The molecule has 0 amide bonds. The summed E-state index contributed by atoms with van der Waals surface area (Å²) in [6, 6.07) is 10.2. The molecule has 0 saturated carbocycles. The first-order chi connectivity index (χ1) is 8.92. The van der Waals surface area contributed by atoms with Crippen molar-refractivity contribution in [1.82, 2.24) is 10.2 Å². The van der Waals surface area contributed by atoms with Crippen LogP contribution in [0.25, 0.3) is 6.08 Å². The van der Waals surface area contributed by atoms with Crippen molar-refractivity contribution in [2.75, 3.05) is 13.1 Å². The van der Waals surface area contributed by atoms with Crippen molar-refractivity contribution in [2.45, 2.75) is 31.3 Å². The Hall–Kier alpha value is -1.28. The molecule has 94 valence electrons. The van der Waals surface area contributed by atoms with Gasteiger partial charge in [0, 0.05) is 18.8 Å². The lowest BCUT2D eigenvalue weighted by atomic mass is 9.79. The first-order valence-corrected chi connectivity index (χ1v) is 7.18. The summed E-state index contributed by atoms with van der Waals surface area (Å²) in [6.07, 6.45) is 8.61. The SMILES string of the molecule is C1=CN2CC3CCCNC3CC2c2ccccc21. The third-order valence-electron chi connectivity index (χ3n) is 4.85. The number of piperidine rings is 2. The largest absolute Gasteiger partial charge is 0.370 e. The quantitative estimate of drug-likeness (QED) is 0.750. The predicted octanol–water partition coefficient (Wildman–Crippen LogP) is 2.79. The fourth-order valence-electron chi connectivity index (χ4n) is 3.90. The Balaban J connectivity index is 1.68. The molecule has 18 heavy (non-hydrogen) atoms. The topological polar surface area (TPSA) is 15.3 Å². The van der Waals surface area contributed by atoms with Crippen LogP contribution in [0.15, 0.2) is 30.5 Å². The Morgan fingerprint density at radius 2 is 2.17 bits per heavy atom. The van der Waals surface area contributed by atoms with Gasteiger partial charge >= 0.3 is 0 Å². The minimum Gasteiger partial charge on any atom is -0.370 e. The van der Waals surface area contributed by atoms with E-state index in [2.05, 4.69) is 46.8 Å². The molecule has 0 aromatic heterocycles. The number of fused-ring (bicyclic) bond motifs is 4. The van der Waals surface area contributed by atoms with Crippen LogP contribution in [0.2, 0.25) is 0 Å². The van der Waals surface area contributed by atoms with Crippen LogP contribution in [-0.4, -0.2) is 24.0 Å². The summed E-state index contributed by atoms with van der Waals surface area (Å²) in [5, 5.41) is 3.73. The van der Waals surface area contributed by atoms with E-state index in [0.717, 1.165) is 12.0 Å². The van der Waals surface area contributed by atoms with Crippen LogP contribution in [0.3, 0.4) is 0 Å². The molecule has 1 aromatic rings. The number of benzene rings is 1. The van der Waals surface area contributed by atoms with Gasteiger partial charge in [0.1, 0.15) is 0 Å². The van der Waals surface area contributed by atoms with Crippen LogP contribution >= 0.6 is 0 Å². The highest BCUT2D eigenvalue weighted by atomic mass is 15.2. The van der Waals surface area contributed by atoms with E-state index in [-0.39, 0.29) is 0 Å². The smallest absolute Gasteiger partial charge is 0.0557 e. The molecule has 3 aliphatic heterocycles. The third kappa shape index (κ3) is 1.59. The summed E-state index contributed by atoms with van der Waals surface area (Å²) in [5.41, 5.74) is 2.93. The van der Waals surface area contributed by atoms with Crippen LogP contribution in [0.1, 0.15) is 36.4 Å². The lowest BCUT2D eigenvalue weighted by molar-refractivity contribution is 0.0983. The molecule has 0 bridgehead atoms. The van der Waals surface area contributed by atoms with Gasteiger partial charge < -0.3 is 10.2 Å². The van der Waals surface area contributed by atoms with E-state index >= 15 is 0 Å². The molecule has 1 aromatic carbocycles. The first kappa shape index (κ1) is 10.6. The van der Waals surface area contributed by atoms with Crippen molar-refractivity contribution >= 4 is 6.08 Å². The fraction of sp³-hybridized carbons (Fsp3) is 0.500. The number of hydrogen-bond acceptors (Lipinski definition) is 2. The van der Waals surface area contributed by atoms with Crippen LogP contribution in [0.4, 0.5) is 0 Å². The number of rotatable bonds is 0. The van der Waals surface area contributed by atoms with Gasteiger partial charge in [-0.1, -0.05) is 24.3 Å². The molecule has 3 unspecified atom stereocenters. The molecule has 3 atom stereocenters. The standard InChI is InChI=1S/C16H20N2/c1-2-6-14-12(4-1)7-9-18-11-13-5-3-8-17-15(13)10-16(14)18/h1-2,4,6-7,9,13,15-17H,3,5,8,10-11H2. The van der Waals surface area contributed by atoms with Crippen LogP contribution < -0.4 is 5.32 Å². The lowest BCUT2D eigenvalue weighted by Gasteiger charge is -2.48. The molecule has 1 N–H and O–H groups in total. The predicted molar refractivity (Wildman–Crippen MR) is 74.1 cm³/mol. The van der Waals surface area contributed by atoms with E-state index < -0.39 is 0 Å². The van der Waals surface area contributed by atoms with Crippen LogP contribution in [0.5, 0.6) is 0 Å².